The fourth-order valence-electron chi connectivity index (χ4n) is 2.94. The van der Waals surface area contributed by atoms with E-state index in [-0.39, 0.29) is 12.3 Å². The topological polar surface area (TPSA) is 68.5 Å². The molecule has 0 radical (unpaired) electrons. The lowest BCUT2D eigenvalue weighted by Gasteiger charge is -2.11. The van der Waals surface area contributed by atoms with Gasteiger partial charge >= 0.3 is 0 Å². The summed E-state index contributed by atoms with van der Waals surface area (Å²) >= 11 is 0. The molecule has 0 aliphatic rings. The van der Waals surface area contributed by atoms with Crippen LogP contribution in [0, 0.1) is 17.7 Å². The monoisotopic (exact) mass is 401 g/mol. The van der Waals surface area contributed by atoms with Gasteiger partial charge in [0.15, 0.2) is 15.6 Å². The van der Waals surface area contributed by atoms with Gasteiger partial charge in [0.2, 0.25) is 0 Å². The van der Waals surface area contributed by atoms with Gasteiger partial charge in [0.25, 0.3) is 0 Å². The molecule has 0 saturated heterocycles. The molecule has 3 rings (SSSR count). The lowest BCUT2D eigenvalue weighted by atomic mass is 10.1. The maximum atomic E-state index is 14.1. The van der Waals surface area contributed by atoms with Crippen LogP contribution in [0.5, 0.6) is 5.75 Å². The summed E-state index contributed by atoms with van der Waals surface area (Å²) in [6.45, 7) is 2.24. The molecule has 3 aromatic rings. The molecule has 1 aromatic heterocycles. The first-order valence-corrected chi connectivity index (χ1v) is 10.5. The molecular weight excluding hydrogens is 381 g/mol. The van der Waals surface area contributed by atoms with Crippen LogP contribution in [0.1, 0.15) is 18.2 Å². The predicted molar refractivity (Wildman–Crippen MR) is 107 cm³/mol. The number of benzene rings is 2. The number of ether oxygens (including phenoxy) is 1. The highest BCUT2D eigenvalue weighted by Crippen LogP contribution is 2.30. The third-order valence-electron chi connectivity index (χ3n) is 4.27. The standard InChI is InChI=1S/C21H20FNO4S/c1-4-14-15-8-5-6-9-19(15)27-18(14)10-7-11-23-17-12-16(22)21(28(3,24)25)13-20(17)26-2/h5-6,8-9,12-13,23H,4,11H2,1-3H3. The van der Waals surface area contributed by atoms with Crippen molar-refractivity contribution in [3.8, 4) is 17.6 Å². The van der Waals surface area contributed by atoms with Gasteiger partial charge in [-0.1, -0.05) is 31.0 Å². The van der Waals surface area contributed by atoms with Gasteiger partial charge in [-0.3, -0.25) is 0 Å². The molecule has 7 heteroatoms. The molecule has 146 valence electrons. The van der Waals surface area contributed by atoms with Gasteiger partial charge in [-0.15, -0.1) is 0 Å². The third kappa shape index (κ3) is 3.97. The van der Waals surface area contributed by atoms with E-state index in [0.29, 0.717) is 11.4 Å². The summed E-state index contributed by atoms with van der Waals surface area (Å²) in [7, 11) is -2.30. The summed E-state index contributed by atoms with van der Waals surface area (Å²) in [5.74, 6) is 5.94. The Morgan fingerprint density at radius 2 is 2.00 bits per heavy atom. The van der Waals surface area contributed by atoms with Crippen molar-refractivity contribution in [3.05, 3.63) is 53.5 Å². The Hall–Kier alpha value is -2.98. The van der Waals surface area contributed by atoms with Crippen LogP contribution < -0.4 is 10.1 Å². The zero-order chi connectivity index (χ0) is 20.3. The van der Waals surface area contributed by atoms with E-state index in [0.717, 1.165) is 41.3 Å². The van der Waals surface area contributed by atoms with Crippen molar-refractivity contribution < 1.29 is 22.0 Å². The number of fused-ring (bicyclic) bond motifs is 1. The number of sulfone groups is 1. The quantitative estimate of drug-likeness (QED) is 0.654. The Morgan fingerprint density at radius 1 is 1.25 bits per heavy atom. The molecule has 1 heterocycles. The highest BCUT2D eigenvalue weighted by atomic mass is 32.2. The third-order valence-corrected chi connectivity index (χ3v) is 5.39. The zero-order valence-electron chi connectivity index (χ0n) is 15.8. The van der Waals surface area contributed by atoms with E-state index in [4.69, 9.17) is 9.15 Å². The summed E-state index contributed by atoms with van der Waals surface area (Å²) in [5, 5.41) is 3.99. The van der Waals surface area contributed by atoms with E-state index in [9.17, 15) is 12.8 Å². The Bertz CT molecular complexity index is 1190. The molecule has 0 atom stereocenters. The first-order valence-electron chi connectivity index (χ1n) is 8.66. The lowest BCUT2D eigenvalue weighted by molar-refractivity contribution is 0.413. The number of halogens is 1. The van der Waals surface area contributed by atoms with Gasteiger partial charge in [0, 0.05) is 29.3 Å². The van der Waals surface area contributed by atoms with Crippen molar-refractivity contribution in [2.45, 2.75) is 18.2 Å². The number of methoxy groups -OCH3 is 1. The Balaban J connectivity index is 1.83. The predicted octanol–water partition coefficient (Wildman–Crippen LogP) is 4.01. The highest BCUT2D eigenvalue weighted by Gasteiger charge is 2.18. The van der Waals surface area contributed by atoms with Crippen LogP contribution in [0.2, 0.25) is 0 Å². The number of hydrogen-bond donors (Lipinski definition) is 1. The Kier molecular flexibility index (Phi) is 5.61. The second kappa shape index (κ2) is 7.95. The van der Waals surface area contributed by atoms with Crippen molar-refractivity contribution in [1.29, 1.82) is 0 Å². The smallest absolute Gasteiger partial charge is 0.181 e. The number of hydrogen-bond acceptors (Lipinski definition) is 5. The maximum absolute atomic E-state index is 14.1. The van der Waals surface area contributed by atoms with Crippen LogP contribution in [0.4, 0.5) is 10.1 Å². The summed E-state index contributed by atoms with van der Waals surface area (Å²) in [6, 6.07) is 10.0. The summed E-state index contributed by atoms with van der Waals surface area (Å²) < 4.78 is 48.4. The van der Waals surface area contributed by atoms with Crippen molar-refractivity contribution in [2.75, 3.05) is 25.2 Å². The molecule has 0 fully saturated rings. The van der Waals surface area contributed by atoms with Crippen molar-refractivity contribution in [3.63, 3.8) is 0 Å². The number of aryl methyl sites for hydroxylation is 1. The van der Waals surface area contributed by atoms with Crippen LogP contribution in [0.3, 0.4) is 0 Å². The average molecular weight is 401 g/mol. The normalized spacial score (nSPS) is 11.1. The number of anilines is 1. The largest absolute Gasteiger partial charge is 0.495 e. The molecule has 0 bridgehead atoms. The van der Waals surface area contributed by atoms with Crippen molar-refractivity contribution in [2.24, 2.45) is 0 Å². The van der Waals surface area contributed by atoms with Crippen LogP contribution in [-0.2, 0) is 16.3 Å². The van der Waals surface area contributed by atoms with E-state index in [1.54, 1.807) is 0 Å². The molecule has 0 aliphatic heterocycles. The first kappa shape index (κ1) is 19.8. The van der Waals surface area contributed by atoms with E-state index in [1.807, 2.05) is 31.2 Å². The number of furan rings is 1. The average Bonchev–Trinajstić information content (AvgIpc) is 3.01. The van der Waals surface area contributed by atoms with Gasteiger partial charge in [0.05, 0.1) is 19.3 Å². The molecule has 0 spiro atoms. The number of rotatable bonds is 5. The molecule has 0 amide bonds. The Morgan fingerprint density at radius 3 is 2.68 bits per heavy atom. The van der Waals surface area contributed by atoms with Gasteiger partial charge in [-0.2, -0.15) is 0 Å². The second-order valence-corrected chi connectivity index (χ2v) is 8.15. The molecule has 1 N–H and O–H groups in total. The van der Waals surface area contributed by atoms with Crippen molar-refractivity contribution >= 4 is 26.5 Å². The van der Waals surface area contributed by atoms with Gasteiger partial charge in [-0.05, 0) is 18.4 Å². The molecule has 28 heavy (non-hydrogen) atoms. The maximum Gasteiger partial charge on any atom is 0.181 e. The van der Waals surface area contributed by atoms with Gasteiger partial charge < -0.3 is 14.5 Å². The minimum absolute atomic E-state index is 0.203. The van der Waals surface area contributed by atoms with Crippen molar-refractivity contribution in [1.82, 2.24) is 0 Å². The lowest BCUT2D eigenvalue weighted by Crippen LogP contribution is -2.06. The molecule has 0 unspecified atom stereocenters. The van der Waals surface area contributed by atoms with Crippen LogP contribution >= 0.6 is 0 Å². The molecular formula is C21H20FNO4S. The van der Waals surface area contributed by atoms with E-state index in [1.165, 1.54) is 7.11 Å². The van der Waals surface area contributed by atoms with E-state index >= 15 is 0 Å². The summed E-state index contributed by atoms with van der Waals surface area (Å²) in [6.07, 6.45) is 1.74. The van der Waals surface area contributed by atoms with Gasteiger partial charge in [0.1, 0.15) is 22.0 Å². The molecule has 0 saturated carbocycles. The fraction of sp³-hybridized carbons (Fsp3) is 0.238. The summed E-state index contributed by atoms with van der Waals surface area (Å²) in [5.41, 5.74) is 2.16. The Labute approximate surface area is 163 Å². The van der Waals surface area contributed by atoms with Crippen LogP contribution in [-0.4, -0.2) is 28.3 Å². The fourth-order valence-corrected chi connectivity index (χ4v) is 3.67. The first-order chi connectivity index (χ1) is 13.3. The minimum atomic E-state index is -3.69. The zero-order valence-corrected chi connectivity index (χ0v) is 16.6. The molecule has 2 aromatic carbocycles. The van der Waals surface area contributed by atoms with E-state index in [2.05, 4.69) is 17.2 Å². The van der Waals surface area contributed by atoms with Crippen LogP contribution in [0.25, 0.3) is 11.0 Å². The molecule has 0 aliphatic carbocycles. The van der Waals surface area contributed by atoms with Gasteiger partial charge in [-0.25, -0.2) is 12.8 Å². The summed E-state index contributed by atoms with van der Waals surface area (Å²) in [4.78, 5) is -0.407. The molecule has 5 nitrogen and oxygen atoms in total. The number of nitrogens with one attached hydrogen (secondary N) is 1. The van der Waals surface area contributed by atoms with E-state index < -0.39 is 20.5 Å². The van der Waals surface area contributed by atoms with Crippen LogP contribution in [0.15, 0.2) is 45.7 Å². The number of para-hydroxylation sites is 1. The minimum Gasteiger partial charge on any atom is -0.495 e. The second-order valence-electron chi connectivity index (χ2n) is 6.17. The highest BCUT2D eigenvalue weighted by molar-refractivity contribution is 7.90. The SMILES string of the molecule is CCc1c(C#CCNc2cc(F)c(S(C)(=O)=O)cc2OC)oc2ccccc12.